The minimum Gasteiger partial charge on any atom is -0.366 e. The van der Waals surface area contributed by atoms with Crippen LogP contribution in [0.1, 0.15) is 20.8 Å². The third-order valence-corrected chi connectivity index (χ3v) is 2.45. The minimum atomic E-state index is -0.450. The lowest BCUT2D eigenvalue weighted by Crippen LogP contribution is -2.38. The van der Waals surface area contributed by atoms with Gasteiger partial charge in [-0.1, -0.05) is 25.4 Å². The van der Waals surface area contributed by atoms with Gasteiger partial charge in [0.2, 0.25) is 5.91 Å². The van der Waals surface area contributed by atoms with Crippen molar-refractivity contribution in [3.63, 3.8) is 0 Å². The van der Waals surface area contributed by atoms with Crippen molar-refractivity contribution in [1.82, 2.24) is 4.90 Å². The maximum absolute atomic E-state index is 11.0. The van der Waals surface area contributed by atoms with Crippen LogP contribution >= 0.6 is 11.6 Å². The highest BCUT2D eigenvalue weighted by Gasteiger charge is 2.18. The molecule has 13 heavy (non-hydrogen) atoms. The van der Waals surface area contributed by atoms with Gasteiger partial charge >= 0.3 is 0 Å². The van der Waals surface area contributed by atoms with Crippen LogP contribution in [0.2, 0.25) is 0 Å². The van der Waals surface area contributed by atoms with Crippen molar-refractivity contribution in [1.29, 1.82) is 0 Å². The number of hydrogen-bond acceptors (Lipinski definition) is 2. The van der Waals surface area contributed by atoms with Gasteiger partial charge in [0, 0.05) is 17.2 Å². The molecule has 0 spiro atoms. The average molecular weight is 205 g/mol. The molecule has 1 amide bonds. The molecule has 2 N–H and O–H groups in total. The lowest BCUT2D eigenvalue weighted by atomic mass is 10.1. The van der Waals surface area contributed by atoms with E-state index in [1.54, 1.807) is 0 Å². The molecule has 0 aliphatic carbocycles. The first-order valence-electron chi connectivity index (χ1n) is 4.42. The molecule has 1 unspecified atom stereocenters. The van der Waals surface area contributed by atoms with E-state index in [-0.39, 0.29) is 6.04 Å². The maximum atomic E-state index is 11.0. The van der Waals surface area contributed by atoms with Crippen molar-refractivity contribution in [2.75, 3.05) is 13.1 Å². The van der Waals surface area contributed by atoms with Crippen molar-refractivity contribution in [3.8, 4) is 0 Å². The van der Waals surface area contributed by atoms with Crippen LogP contribution in [0.4, 0.5) is 0 Å². The zero-order chi connectivity index (χ0) is 10.4. The number of hydrogen-bond donors (Lipinski definition) is 1. The SMILES string of the molecule is CCN(CC)C(C)/C(=C\Cl)C(N)=O. The first-order chi connectivity index (χ1) is 6.08. The van der Waals surface area contributed by atoms with E-state index >= 15 is 0 Å². The molecule has 0 aromatic carbocycles. The molecule has 0 aliphatic heterocycles. The van der Waals surface area contributed by atoms with Gasteiger partial charge in [0.15, 0.2) is 0 Å². The molecular formula is C9H17ClN2O. The third kappa shape index (κ3) is 3.36. The summed E-state index contributed by atoms with van der Waals surface area (Å²) in [6.07, 6.45) is 0. The summed E-state index contributed by atoms with van der Waals surface area (Å²) >= 11 is 5.53. The van der Waals surface area contributed by atoms with Crippen LogP contribution in [0.25, 0.3) is 0 Å². The second-order valence-electron chi connectivity index (χ2n) is 2.83. The van der Waals surface area contributed by atoms with Crippen LogP contribution < -0.4 is 5.73 Å². The summed E-state index contributed by atoms with van der Waals surface area (Å²) in [7, 11) is 0. The summed E-state index contributed by atoms with van der Waals surface area (Å²) in [5.74, 6) is -0.450. The Morgan fingerprint density at radius 1 is 1.54 bits per heavy atom. The predicted molar refractivity (Wildman–Crippen MR) is 55.5 cm³/mol. The van der Waals surface area contributed by atoms with Crippen LogP contribution in [-0.2, 0) is 4.79 Å². The van der Waals surface area contributed by atoms with Crippen molar-refractivity contribution >= 4 is 17.5 Å². The number of primary amides is 1. The topological polar surface area (TPSA) is 46.3 Å². The Morgan fingerprint density at radius 2 is 2.00 bits per heavy atom. The van der Waals surface area contributed by atoms with Crippen LogP contribution in [0.5, 0.6) is 0 Å². The van der Waals surface area contributed by atoms with E-state index in [1.165, 1.54) is 5.54 Å². The first-order valence-corrected chi connectivity index (χ1v) is 4.86. The van der Waals surface area contributed by atoms with Crippen molar-refractivity contribution in [3.05, 3.63) is 11.1 Å². The molecule has 0 rings (SSSR count). The van der Waals surface area contributed by atoms with Crippen molar-refractivity contribution in [2.24, 2.45) is 5.73 Å². The number of carbonyl (C=O) groups excluding carboxylic acids is 1. The van der Waals surface area contributed by atoms with E-state index in [1.807, 2.05) is 20.8 Å². The standard InChI is InChI=1S/C9H17ClN2O/c1-4-12(5-2)7(3)8(6-10)9(11)13/h6-7H,4-5H2,1-3H3,(H2,11,13)/b8-6+. The summed E-state index contributed by atoms with van der Waals surface area (Å²) < 4.78 is 0. The van der Waals surface area contributed by atoms with E-state index in [4.69, 9.17) is 17.3 Å². The molecule has 0 saturated heterocycles. The average Bonchev–Trinajstić information content (AvgIpc) is 2.07. The summed E-state index contributed by atoms with van der Waals surface area (Å²) in [6, 6.07) is -0.00926. The smallest absolute Gasteiger partial charge is 0.247 e. The van der Waals surface area contributed by atoms with Gasteiger partial charge in [0.1, 0.15) is 0 Å². The highest BCUT2D eigenvalue weighted by atomic mass is 35.5. The van der Waals surface area contributed by atoms with Crippen LogP contribution in [-0.4, -0.2) is 29.9 Å². The number of nitrogens with two attached hydrogens (primary N) is 1. The zero-order valence-electron chi connectivity index (χ0n) is 8.38. The van der Waals surface area contributed by atoms with E-state index in [0.29, 0.717) is 5.57 Å². The van der Waals surface area contributed by atoms with E-state index in [9.17, 15) is 4.79 Å². The monoisotopic (exact) mass is 204 g/mol. The maximum Gasteiger partial charge on any atom is 0.247 e. The van der Waals surface area contributed by atoms with Crippen molar-refractivity contribution in [2.45, 2.75) is 26.8 Å². The lowest BCUT2D eigenvalue weighted by molar-refractivity contribution is -0.115. The molecule has 0 radical (unpaired) electrons. The molecule has 0 aromatic rings. The Bertz CT molecular complexity index is 200. The molecule has 0 aliphatic rings. The highest BCUT2D eigenvalue weighted by Crippen LogP contribution is 2.10. The van der Waals surface area contributed by atoms with E-state index in [2.05, 4.69) is 4.90 Å². The second kappa shape index (κ2) is 6.00. The van der Waals surface area contributed by atoms with Gasteiger partial charge in [0.05, 0.1) is 0 Å². The molecule has 0 saturated carbocycles. The quantitative estimate of drug-likeness (QED) is 0.687. The fraction of sp³-hybridized carbons (Fsp3) is 0.667. The van der Waals surface area contributed by atoms with Gasteiger partial charge in [-0.3, -0.25) is 9.69 Å². The second-order valence-corrected chi connectivity index (χ2v) is 3.04. The van der Waals surface area contributed by atoms with Crippen LogP contribution in [0.15, 0.2) is 11.1 Å². The normalized spacial score (nSPS) is 14.7. The molecule has 0 fully saturated rings. The van der Waals surface area contributed by atoms with Crippen molar-refractivity contribution < 1.29 is 4.79 Å². The Hall–Kier alpha value is -0.540. The number of halogens is 1. The van der Waals surface area contributed by atoms with E-state index < -0.39 is 5.91 Å². The third-order valence-electron chi connectivity index (χ3n) is 2.21. The van der Waals surface area contributed by atoms with Crippen LogP contribution in [0.3, 0.4) is 0 Å². The molecule has 4 heteroatoms. The fourth-order valence-corrected chi connectivity index (χ4v) is 1.61. The molecule has 0 heterocycles. The molecule has 3 nitrogen and oxygen atoms in total. The first kappa shape index (κ1) is 12.5. The molecule has 1 atom stereocenters. The zero-order valence-corrected chi connectivity index (χ0v) is 9.14. The summed E-state index contributed by atoms with van der Waals surface area (Å²) in [4.78, 5) is 13.1. The summed E-state index contributed by atoms with van der Waals surface area (Å²) in [6.45, 7) is 7.74. The molecule has 76 valence electrons. The number of rotatable bonds is 5. The summed E-state index contributed by atoms with van der Waals surface area (Å²) in [5.41, 5.74) is 6.91. The Balaban J connectivity index is 4.54. The van der Waals surface area contributed by atoms with E-state index in [0.717, 1.165) is 13.1 Å². The minimum absolute atomic E-state index is 0.00926. The molecular weight excluding hydrogens is 188 g/mol. The fourth-order valence-electron chi connectivity index (χ4n) is 1.32. The molecule has 0 aromatic heterocycles. The van der Waals surface area contributed by atoms with Gasteiger partial charge in [-0.25, -0.2) is 0 Å². The number of carbonyl (C=O) groups is 1. The Labute approximate surface area is 84.5 Å². The number of nitrogens with zero attached hydrogens (tertiary/aromatic N) is 1. The van der Waals surface area contributed by atoms with Gasteiger partial charge < -0.3 is 5.73 Å². The predicted octanol–water partition coefficient (Wildman–Crippen LogP) is 1.32. The van der Waals surface area contributed by atoms with Crippen LogP contribution in [0, 0.1) is 0 Å². The summed E-state index contributed by atoms with van der Waals surface area (Å²) in [5, 5.41) is 0. The van der Waals surface area contributed by atoms with Gasteiger partial charge in [-0.15, -0.1) is 0 Å². The Kier molecular flexibility index (Phi) is 5.75. The highest BCUT2D eigenvalue weighted by molar-refractivity contribution is 6.27. The van der Waals surface area contributed by atoms with Gasteiger partial charge in [-0.05, 0) is 20.0 Å². The lowest BCUT2D eigenvalue weighted by Gasteiger charge is -2.26. The largest absolute Gasteiger partial charge is 0.366 e. The Morgan fingerprint density at radius 3 is 2.23 bits per heavy atom. The molecule has 0 bridgehead atoms. The number of likely N-dealkylation sites (N-methyl/N-ethyl adjacent to an activating group) is 1. The van der Waals surface area contributed by atoms with Gasteiger partial charge in [0.25, 0.3) is 0 Å². The van der Waals surface area contributed by atoms with Gasteiger partial charge in [-0.2, -0.15) is 0 Å². The number of amides is 1.